The molecule has 1 aromatic heterocycles. The number of pyridine rings is 1. The summed E-state index contributed by atoms with van der Waals surface area (Å²) in [7, 11) is 0. The van der Waals surface area contributed by atoms with Crippen molar-refractivity contribution in [3.05, 3.63) is 49.7 Å². The van der Waals surface area contributed by atoms with Gasteiger partial charge in [0, 0.05) is 16.7 Å². The summed E-state index contributed by atoms with van der Waals surface area (Å²) in [6, 6.07) is 6.33. The van der Waals surface area contributed by atoms with Crippen molar-refractivity contribution < 1.29 is 9.13 Å². The summed E-state index contributed by atoms with van der Waals surface area (Å²) in [6.07, 6.45) is 1.61. The Bertz CT molecular complexity index is 562. The molecule has 0 aliphatic heterocycles. The highest BCUT2D eigenvalue weighted by atomic mass is 79.9. The molecule has 2 aromatic rings. The second-order valence-electron chi connectivity index (χ2n) is 3.12. The average molecular weight is 426 g/mol. The Morgan fingerprint density at radius 1 is 1.06 bits per heavy atom. The molecule has 0 fully saturated rings. The highest BCUT2D eigenvalue weighted by Crippen LogP contribution is 2.30. The SMILES string of the molecule is Fc1cc(Oc2ncc(Br)cc2Br)ccc1Br. The van der Waals surface area contributed by atoms with E-state index in [1.165, 1.54) is 6.07 Å². The van der Waals surface area contributed by atoms with Crippen LogP contribution in [0.3, 0.4) is 0 Å². The molecule has 88 valence electrons. The predicted octanol–water partition coefficient (Wildman–Crippen LogP) is 5.30. The van der Waals surface area contributed by atoms with Crippen molar-refractivity contribution in [2.75, 3.05) is 0 Å². The minimum atomic E-state index is -0.379. The van der Waals surface area contributed by atoms with Gasteiger partial charge < -0.3 is 4.74 Å². The number of hydrogen-bond acceptors (Lipinski definition) is 2. The molecule has 1 aromatic carbocycles. The van der Waals surface area contributed by atoms with Gasteiger partial charge in [-0.05, 0) is 66.0 Å². The van der Waals surface area contributed by atoms with E-state index in [4.69, 9.17) is 4.74 Å². The first-order valence-corrected chi connectivity index (χ1v) is 6.88. The van der Waals surface area contributed by atoms with Crippen LogP contribution in [-0.2, 0) is 0 Å². The second-order valence-corrected chi connectivity index (χ2v) is 5.74. The summed E-state index contributed by atoms with van der Waals surface area (Å²) in [5.41, 5.74) is 0. The monoisotopic (exact) mass is 423 g/mol. The van der Waals surface area contributed by atoms with E-state index in [1.54, 1.807) is 24.4 Å². The quantitative estimate of drug-likeness (QED) is 0.651. The highest BCUT2D eigenvalue weighted by molar-refractivity contribution is 9.11. The average Bonchev–Trinajstić information content (AvgIpc) is 2.27. The zero-order valence-electron chi connectivity index (χ0n) is 8.25. The third-order valence-electron chi connectivity index (χ3n) is 1.88. The predicted molar refractivity (Wildman–Crippen MR) is 73.8 cm³/mol. The van der Waals surface area contributed by atoms with Crippen molar-refractivity contribution in [3.8, 4) is 11.6 Å². The van der Waals surface area contributed by atoms with E-state index >= 15 is 0 Å². The van der Waals surface area contributed by atoms with Crippen LogP contribution in [0.2, 0.25) is 0 Å². The molecule has 0 saturated heterocycles. The third kappa shape index (κ3) is 3.26. The molecule has 17 heavy (non-hydrogen) atoms. The first kappa shape index (κ1) is 13.0. The molecule has 0 amide bonds. The van der Waals surface area contributed by atoms with E-state index < -0.39 is 0 Å². The van der Waals surface area contributed by atoms with E-state index in [0.29, 0.717) is 20.6 Å². The van der Waals surface area contributed by atoms with Crippen LogP contribution in [0, 0.1) is 5.82 Å². The molecule has 0 radical (unpaired) electrons. The molecule has 0 spiro atoms. The minimum Gasteiger partial charge on any atom is -0.438 e. The lowest BCUT2D eigenvalue weighted by Crippen LogP contribution is -1.90. The Labute approximate surface area is 123 Å². The number of benzene rings is 1. The van der Waals surface area contributed by atoms with Crippen LogP contribution in [0.5, 0.6) is 11.6 Å². The van der Waals surface area contributed by atoms with Crippen molar-refractivity contribution in [3.63, 3.8) is 0 Å². The lowest BCUT2D eigenvalue weighted by molar-refractivity contribution is 0.454. The third-order valence-corrected chi connectivity index (χ3v) is 3.52. The van der Waals surface area contributed by atoms with Gasteiger partial charge in [-0.15, -0.1) is 0 Å². The van der Waals surface area contributed by atoms with Gasteiger partial charge in [0.2, 0.25) is 5.88 Å². The molecular formula is C11H5Br3FNO. The summed E-state index contributed by atoms with van der Waals surface area (Å²) >= 11 is 9.68. The molecule has 0 unspecified atom stereocenters. The van der Waals surface area contributed by atoms with E-state index in [9.17, 15) is 4.39 Å². The van der Waals surface area contributed by atoms with Crippen LogP contribution in [-0.4, -0.2) is 4.98 Å². The van der Waals surface area contributed by atoms with Gasteiger partial charge in [0.05, 0.1) is 8.95 Å². The van der Waals surface area contributed by atoms with Crippen LogP contribution in [0.4, 0.5) is 4.39 Å². The largest absolute Gasteiger partial charge is 0.438 e. The van der Waals surface area contributed by atoms with Gasteiger partial charge in [0.1, 0.15) is 11.6 Å². The van der Waals surface area contributed by atoms with Crippen molar-refractivity contribution >= 4 is 47.8 Å². The van der Waals surface area contributed by atoms with Crippen LogP contribution >= 0.6 is 47.8 Å². The van der Waals surface area contributed by atoms with Crippen LogP contribution in [0.1, 0.15) is 0 Å². The van der Waals surface area contributed by atoms with Crippen LogP contribution in [0.15, 0.2) is 43.9 Å². The number of ether oxygens (including phenoxy) is 1. The fraction of sp³-hybridized carbons (Fsp3) is 0. The van der Waals surface area contributed by atoms with Crippen molar-refractivity contribution in [2.24, 2.45) is 0 Å². The van der Waals surface area contributed by atoms with Gasteiger partial charge in [0.15, 0.2) is 0 Å². The Kier molecular flexibility index (Phi) is 4.17. The normalized spacial score (nSPS) is 10.4. The number of hydrogen-bond donors (Lipinski definition) is 0. The summed E-state index contributed by atoms with van der Waals surface area (Å²) in [5, 5.41) is 0. The zero-order chi connectivity index (χ0) is 12.4. The fourth-order valence-corrected chi connectivity index (χ4v) is 2.44. The molecule has 0 bridgehead atoms. The summed E-state index contributed by atoms with van der Waals surface area (Å²) in [6.45, 7) is 0. The van der Waals surface area contributed by atoms with Crippen LogP contribution < -0.4 is 4.74 Å². The van der Waals surface area contributed by atoms with E-state index in [0.717, 1.165) is 4.47 Å². The molecule has 0 aliphatic carbocycles. The zero-order valence-corrected chi connectivity index (χ0v) is 13.0. The van der Waals surface area contributed by atoms with Gasteiger partial charge in [-0.1, -0.05) is 0 Å². The number of aromatic nitrogens is 1. The van der Waals surface area contributed by atoms with E-state index in [1.807, 2.05) is 0 Å². The maximum atomic E-state index is 13.3. The van der Waals surface area contributed by atoms with E-state index in [2.05, 4.69) is 52.8 Å². The Morgan fingerprint density at radius 2 is 1.82 bits per heavy atom. The maximum absolute atomic E-state index is 13.3. The summed E-state index contributed by atoms with van der Waals surface area (Å²) in [4.78, 5) is 4.08. The highest BCUT2D eigenvalue weighted by Gasteiger charge is 2.07. The standard InChI is InChI=1S/C11H5Br3FNO/c12-6-3-9(14)11(16-5-6)17-7-1-2-8(13)10(15)4-7/h1-5H. The lowest BCUT2D eigenvalue weighted by atomic mass is 10.3. The molecule has 2 nitrogen and oxygen atoms in total. The Morgan fingerprint density at radius 3 is 2.47 bits per heavy atom. The van der Waals surface area contributed by atoms with Gasteiger partial charge in [-0.3, -0.25) is 0 Å². The molecule has 0 saturated carbocycles. The van der Waals surface area contributed by atoms with Crippen LogP contribution in [0.25, 0.3) is 0 Å². The van der Waals surface area contributed by atoms with Gasteiger partial charge >= 0.3 is 0 Å². The van der Waals surface area contributed by atoms with Crippen molar-refractivity contribution in [2.45, 2.75) is 0 Å². The molecule has 6 heteroatoms. The first-order chi connectivity index (χ1) is 8.06. The van der Waals surface area contributed by atoms with Gasteiger partial charge in [-0.2, -0.15) is 0 Å². The first-order valence-electron chi connectivity index (χ1n) is 4.50. The van der Waals surface area contributed by atoms with E-state index in [-0.39, 0.29) is 5.82 Å². The number of rotatable bonds is 2. The molecule has 0 atom stereocenters. The fourth-order valence-electron chi connectivity index (χ4n) is 1.13. The topological polar surface area (TPSA) is 22.1 Å². The maximum Gasteiger partial charge on any atom is 0.233 e. The molecule has 2 rings (SSSR count). The molecule has 1 heterocycles. The molecule has 0 N–H and O–H groups in total. The Balaban J connectivity index is 2.28. The summed E-state index contributed by atoms with van der Waals surface area (Å²) in [5.74, 6) is 0.395. The minimum absolute atomic E-state index is 0.379. The number of halogens is 4. The summed E-state index contributed by atoms with van der Waals surface area (Å²) < 4.78 is 20.7. The van der Waals surface area contributed by atoms with Gasteiger partial charge in [-0.25, -0.2) is 9.37 Å². The van der Waals surface area contributed by atoms with Crippen molar-refractivity contribution in [1.29, 1.82) is 0 Å². The second kappa shape index (κ2) is 5.46. The number of nitrogens with zero attached hydrogens (tertiary/aromatic N) is 1. The van der Waals surface area contributed by atoms with Gasteiger partial charge in [0.25, 0.3) is 0 Å². The molecular weight excluding hydrogens is 421 g/mol. The van der Waals surface area contributed by atoms with Crippen molar-refractivity contribution in [1.82, 2.24) is 4.98 Å². The molecule has 0 aliphatic rings. The Hall–Kier alpha value is -0.460. The smallest absolute Gasteiger partial charge is 0.233 e. The lowest BCUT2D eigenvalue weighted by Gasteiger charge is -2.07.